The minimum atomic E-state index is 0.483. The third-order valence-electron chi connectivity index (χ3n) is 2.72. The van der Waals surface area contributed by atoms with E-state index in [4.69, 9.17) is 10.5 Å². The third-order valence-corrected chi connectivity index (χ3v) is 2.72. The molecule has 0 aliphatic carbocycles. The van der Waals surface area contributed by atoms with Gasteiger partial charge in [0.25, 0.3) is 0 Å². The van der Waals surface area contributed by atoms with Gasteiger partial charge in [-0.15, -0.1) is 0 Å². The fourth-order valence-corrected chi connectivity index (χ4v) is 1.85. The van der Waals surface area contributed by atoms with Gasteiger partial charge < -0.3 is 15.5 Å². The molecule has 0 aliphatic heterocycles. The first-order valence-electron chi connectivity index (χ1n) is 5.24. The zero-order chi connectivity index (χ0) is 11.8. The highest BCUT2D eigenvalue weighted by atomic mass is 16.5. The molecule has 5 nitrogen and oxygen atoms in total. The molecule has 0 saturated carbocycles. The molecule has 86 valence electrons. The zero-order valence-corrected chi connectivity index (χ0v) is 9.32. The van der Waals surface area contributed by atoms with E-state index in [2.05, 4.69) is 15.2 Å². The number of fused-ring (bicyclic) bond motifs is 1. The van der Waals surface area contributed by atoms with Crippen molar-refractivity contribution in [2.24, 2.45) is 0 Å². The van der Waals surface area contributed by atoms with Gasteiger partial charge in [-0.3, -0.25) is 5.10 Å². The first-order chi connectivity index (χ1) is 8.26. The lowest BCUT2D eigenvalue weighted by atomic mass is 10.2. The standard InChI is InChI=1S/C12H12N4O/c1-17-8-3-2-7-4-10(14-9(7)5-8)11-6-12(13)16-15-11/h2-6,14H,1H3,(H3,13,15,16). The smallest absolute Gasteiger partial charge is 0.145 e. The van der Waals surface area contributed by atoms with Crippen LogP contribution in [0.15, 0.2) is 30.3 Å². The summed E-state index contributed by atoms with van der Waals surface area (Å²) in [6, 6.07) is 9.73. The van der Waals surface area contributed by atoms with Crippen LogP contribution in [-0.4, -0.2) is 22.3 Å². The number of ether oxygens (including phenoxy) is 1. The van der Waals surface area contributed by atoms with Crippen molar-refractivity contribution in [2.45, 2.75) is 0 Å². The Morgan fingerprint density at radius 1 is 1.18 bits per heavy atom. The molecule has 0 unspecified atom stereocenters. The lowest BCUT2D eigenvalue weighted by molar-refractivity contribution is 0.415. The number of nitrogen functional groups attached to an aromatic ring is 1. The summed E-state index contributed by atoms with van der Waals surface area (Å²) in [5, 5.41) is 7.90. The number of aromatic amines is 2. The van der Waals surface area contributed by atoms with Gasteiger partial charge >= 0.3 is 0 Å². The summed E-state index contributed by atoms with van der Waals surface area (Å²) in [6.45, 7) is 0. The Morgan fingerprint density at radius 3 is 2.76 bits per heavy atom. The molecular weight excluding hydrogens is 216 g/mol. The van der Waals surface area contributed by atoms with E-state index >= 15 is 0 Å². The number of rotatable bonds is 2. The van der Waals surface area contributed by atoms with Crippen molar-refractivity contribution >= 4 is 16.7 Å². The number of aromatic nitrogens is 3. The number of methoxy groups -OCH3 is 1. The van der Waals surface area contributed by atoms with E-state index < -0.39 is 0 Å². The topological polar surface area (TPSA) is 79.7 Å². The second kappa shape index (κ2) is 3.55. The van der Waals surface area contributed by atoms with Crippen LogP contribution < -0.4 is 10.5 Å². The maximum atomic E-state index is 5.58. The molecule has 3 rings (SSSR count). The van der Waals surface area contributed by atoms with Crippen LogP contribution in [0, 0.1) is 0 Å². The summed E-state index contributed by atoms with van der Waals surface area (Å²) in [5.41, 5.74) is 8.43. The van der Waals surface area contributed by atoms with Crippen molar-refractivity contribution in [1.82, 2.24) is 15.2 Å². The first-order valence-corrected chi connectivity index (χ1v) is 5.24. The van der Waals surface area contributed by atoms with E-state index in [0.29, 0.717) is 5.82 Å². The molecule has 0 radical (unpaired) electrons. The number of nitrogens with one attached hydrogen (secondary N) is 2. The van der Waals surface area contributed by atoms with E-state index in [1.165, 1.54) is 0 Å². The number of hydrogen-bond acceptors (Lipinski definition) is 3. The van der Waals surface area contributed by atoms with Crippen molar-refractivity contribution in [3.63, 3.8) is 0 Å². The van der Waals surface area contributed by atoms with Gasteiger partial charge in [0.05, 0.1) is 18.5 Å². The largest absolute Gasteiger partial charge is 0.497 e. The number of H-pyrrole nitrogens is 2. The quantitative estimate of drug-likeness (QED) is 0.628. The summed E-state index contributed by atoms with van der Waals surface area (Å²) >= 11 is 0. The van der Waals surface area contributed by atoms with Crippen LogP contribution >= 0.6 is 0 Å². The van der Waals surface area contributed by atoms with E-state index in [9.17, 15) is 0 Å². The van der Waals surface area contributed by atoms with E-state index in [0.717, 1.165) is 28.0 Å². The monoisotopic (exact) mass is 228 g/mol. The summed E-state index contributed by atoms with van der Waals surface area (Å²) in [6.07, 6.45) is 0. The van der Waals surface area contributed by atoms with E-state index in [1.807, 2.05) is 24.3 Å². The highest BCUT2D eigenvalue weighted by molar-refractivity contribution is 5.86. The molecule has 0 fully saturated rings. The fraction of sp³-hybridized carbons (Fsp3) is 0.0833. The van der Waals surface area contributed by atoms with Crippen molar-refractivity contribution in [3.05, 3.63) is 30.3 Å². The lowest BCUT2D eigenvalue weighted by Crippen LogP contribution is -1.81. The Balaban J connectivity index is 2.13. The Kier molecular flexibility index (Phi) is 2.04. The Hall–Kier alpha value is -2.43. The van der Waals surface area contributed by atoms with Crippen LogP contribution in [0.5, 0.6) is 5.75 Å². The second-order valence-corrected chi connectivity index (χ2v) is 3.84. The molecule has 0 amide bonds. The molecule has 3 aromatic rings. The van der Waals surface area contributed by atoms with E-state index in [-0.39, 0.29) is 0 Å². The van der Waals surface area contributed by atoms with Crippen molar-refractivity contribution in [1.29, 1.82) is 0 Å². The number of anilines is 1. The number of hydrogen-bond donors (Lipinski definition) is 3. The van der Waals surface area contributed by atoms with Crippen LogP contribution in [0.25, 0.3) is 22.3 Å². The van der Waals surface area contributed by atoms with Crippen LogP contribution in [0.1, 0.15) is 0 Å². The molecule has 0 saturated heterocycles. The van der Waals surface area contributed by atoms with Gasteiger partial charge in [-0.1, -0.05) is 0 Å². The Morgan fingerprint density at radius 2 is 2.06 bits per heavy atom. The van der Waals surface area contributed by atoms with Gasteiger partial charge in [0, 0.05) is 23.0 Å². The predicted molar refractivity (Wildman–Crippen MR) is 66.8 cm³/mol. The van der Waals surface area contributed by atoms with Gasteiger partial charge in [0.1, 0.15) is 11.6 Å². The molecule has 0 bridgehead atoms. The maximum Gasteiger partial charge on any atom is 0.145 e. The molecule has 17 heavy (non-hydrogen) atoms. The molecule has 4 N–H and O–H groups in total. The average Bonchev–Trinajstić information content (AvgIpc) is 2.93. The van der Waals surface area contributed by atoms with Gasteiger partial charge in [-0.05, 0) is 18.2 Å². The Labute approximate surface area is 97.6 Å². The summed E-state index contributed by atoms with van der Waals surface area (Å²) < 4.78 is 5.18. The number of nitrogens with two attached hydrogens (primary N) is 1. The van der Waals surface area contributed by atoms with Gasteiger partial charge in [0.2, 0.25) is 0 Å². The summed E-state index contributed by atoms with van der Waals surface area (Å²) in [4.78, 5) is 3.29. The SMILES string of the molecule is COc1ccc2cc(-c3cc(N)n[nH]3)[nH]c2c1. The number of nitrogens with zero attached hydrogens (tertiary/aromatic N) is 1. The van der Waals surface area contributed by atoms with Crippen molar-refractivity contribution < 1.29 is 4.74 Å². The molecule has 0 spiro atoms. The van der Waals surface area contributed by atoms with Crippen LogP contribution in [0.3, 0.4) is 0 Å². The van der Waals surface area contributed by atoms with Crippen LogP contribution in [-0.2, 0) is 0 Å². The van der Waals surface area contributed by atoms with Crippen LogP contribution in [0.2, 0.25) is 0 Å². The minimum Gasteiger partial charge on any atom is -0.497 e. The molecule has 1 aromatic carbocycles. The molecule has 0 aliphatic rings. The first kappa shape index (κ1) is 9.77. The molecule has 5 heteroatoms. The zero-order valence-electron chi connectivity index (χ0n) is 9.32. The number of benzene rings is 1. The summed E-state index contributed by atoms with van der Waals surface area (Å²) in [7, 11) is 1.65. The molecule has 2 aromatic heterocycles. The van der Waals surface area contributed by atoms with Gasteiger partial charge in [0.15, 0.2) is 0 Å². The van der Waals surface area contributed by atoms with Crippen molar-refractivity contribution in [3.8, 4) is 17.1 Å². The van der Waals surface area contributed by atoms with E-state index in [1.54, 1.807) is 13.2 Å². The summed E-state index contributed by atoms with van der Waals surface area (Å²) in [5.74, 6) is 1.31. The van der Waals surface area contributed by atoms with Crippen molar-refractivity contribution in [2.75, 3.05) is 12.8 Å². The van der Waals surface area contributed by atoms with Crippen LogP contribution in [0.4, 0.5) is 5.82 Å². The molecular formula is C12H12N4O. The van der Waals surface area contributed by atoms with Gasteiger partial charge in [-0.2, -0.15) is 5.10 Å². The minimum absolute atomic E-state index is 0.483. The second-order valence-electron chi connectivity index (χ2n) is 3.84. The third kappa shape index (κ3) is 1.61. The molecule has 0 atom stereocenters. The fourth-order valence-electron chi connectivity index (χ4n) is 1.85. The van der Waals surface area contributed by atoms with Gasteiger partial charge in [-0.25, -0.2) is 0 Å². The maximum absolute atomic E-state index is 5.58. The normalized spacial score (nSPS) is 10.9. The average molecular weight is 228 g/mol. The predicted octanol–water partition coefficient (Wildman–Crippen LogP) is 2.15. The highest BCUT2D eigenvalue weighted by Crippen LogP contribution is 2.26. The lowest BCUT2D eigenvalue weighted by Gasteiger charge is -1.97. The Bertz CT molecular complexity index is 668. The highest BCUT2D eigenvalue weighted by Gasteiger charge is 2.06. The molecule has 2 heterocycles.